The number of rotatable bonds is 3. The molecule has 3 rings (SSSR count). The van der Waals surface area contributed by atoms with Crippen molar-refractivity contribution in [2.75, 3.05) is 5.73 Å². The van der Waals surface area contributed by atoms with Gasteiger partial charge in [-0.15, -0.1) is 11.3 Å². The lowest BCUT2D eigenvalue weighted by Crippen LogP contribution is -2.13. The summed E-state index contributed by atoms with van der Waals surface area (Å²) in [6, 6.07) is 8.01. The first kappa shape index (κ1) is 13.6. The molecule has 0 aliphatic heterocycles. The summed E-state index contributed by atoms with van der Waals surface area (Å²) in [5.41, 5.74) is 8.82. The number of hydrogen-bond donors (Lipinski definition) is 1. The Morgan fingerprint density at radius 1 is 1.25 bits per heavy atom. The van der Waals surface area contributed by atoms with Crippen molar-refractivity contribution in [2.45, 2.75) is 44.9 Å². The van der Waals surface area contributed by atoms with Gasteiger partial charge in [0.15, 0.2) is 0 Å². The average Bonchev–Trinajstić information content (AvgIpc) is 2.98. The molecule has 0 saturated heterocycles. The Labute approximate surface area is 125 Å². The van der Waals surface area contributed by atoms with Crippen molar-refractivity contribution in [2.24, 2.45) is 5.92 Å². The Hall–Kier alpha value is -1.35. The molecule has 3 heteroatoms. The van der Waals surface area contributed by atoms with Gasteiger partial charge in [0.1, 0.15) is 0 Å². The number of anilines is 1. The smallest absolute Gasteiger partial charge is 0.0963 e. The largest absolute Gasteiger partial charge is 0.399 e. The molecule has 1 aliphatic carbocycles. The number of hydrogen-bond acceptors (Lipinski definition) is 3. The van der Waals surface area contributed by atoms with Crippen LogP contribution >= 0.6 is 11.3 Å². The molecule has 1 aromatic heterocycles. The summed E-state index contributed by atoms with van der Waals surface area (Å²) in [4.78, 5) is 4.88. The summed E-state index contributed by atoms with van der Waals surface area (Å²) in [5, 5.41) is 3.52. The van der Waals surface area contributed by atoms with E-state index in [0.717, 1.165) is 17.3 Å². The topological polar surface area (TPSA) is 38.9 Å². The van der Waals surface area contributed by atoms with Gasteiger partial charge < -0.3 is 5.73 Å². The second-order valence-corrected chi connectivity index (χ2v) is 6.72. The zero-order valence-corrected chi connectivity index (χ0v) is 12.8. The Bertz CT molecular complexity index is 559. The quantitative estimate of drug-likeness (QED) is 0.799. The van der Waals surface area contributed by atoms with Crippen LogP contribution in [0, 0.1) is 5.92 Å². The fourth-order valence-electron chi connectivity index (χ4n) is 3.15. The molecule has 1 aromatic carbocycles. The Balaban J connectivity index is 1.78. The fourth-order valence-corrected chi connectivity index (χ4v) is 4.13. The van der Waals surface area contributed by atoms with E-state index in [1.807, 2.05) is 23.5 Å². The minimum absolute atomic E-state index is 0.682. The highest BCUT2D eigenvalue weighted by Gasteiger charge is 2.24. The van der Waals surface area contributed by atoms with Gasteiger partial charge in [0.2, 0.25) is 0 Å². The summed E-state index contributed by atoms with van der Waals surface area (Å²) in [6.07, 6.45) is 6.71. The predicted molar refractivity (Wildman–Crippen MR) is 87.0 cm³/mol. The molecule has 1 fully saturated rings. The van der Waals surface area contributed by atoms with E-state index in [4.69, 9.17) is 10.7 Å². The van der Waals surface area contributed by atoms with Gasteiger partial charge in [-0.05, 0) is 30.9 Å². The van der Waals surface area contributed by atoms with Crippen LogP contribution in [0.15, 0.2) is 29.6 Å². The zero-order valence-electron chi connectivity index (χ0n) is 12.0. The molecule has 2 unspecified atom stereocenters. The van der Waals surface area contributed by atoms with Crippen molar-refractivity contribution in [3.63, 3.8) is 0 Å². The normalized spacial score (nSPS) is 22.9. The molecule has 0 bridgehead atoms. The average molecular weight is 286 g/mol. The number of thiazole rings is 1. The Morgan fingerprint density at radius 2 is 2.05 bits per heavy atom. The third-order valence-corrected chi connectivity index (χ3v) is 5.45. The highest BCUT2D eigenvalue weighted by Crippen LogP contribution is 2.39. The molecule has 2 N–H and O–H groups in total. The first-order chi connectivity index (χ1) is 9.76. The molecule has 1 saturated carbocycles. The summed E-state index contributed by atoms with van der Waals surface area (Å²) >= 11 is 1.83. The van der Waals surface area contributed by atoms with E-state index < -0.39 is 0 Å². The van der Waals surface area contributed by atoms with E-state index in [-0.39, 0.29) is 0 Å². The first-order valence-electron chi connectivity index (χ1n) is 7.57. The molecule has 2 nitrogen and oxygen atoms in total. The minimum Gasteiger partial charge on any atom is -0.399 e. The van der Waals surface area contributed by atoms with Gasteiger partial charge in [-0.1, -0.05) is 38.3 Å². The third kappa shape index (κ3) is 2.88. The SMILES string of the molecule is CCC1CCCC(c2nc(-c3ccc(N)cc3)cs2)C1. The van der Waals surface area contributed by atoms with Crippen LogP contribution < -0.4 is 5.73 Å². The van der Waals surface area contributed by atoms with Crippen LogP contribution in [-0.2, 0) is 0 Å². The predicted octanol–water partition coefficient (Wildman–Crippen LogP) is 5.08. The van der Waals surface area contributed by atoms with Crippen molar-refractivity contribution in [3.8, 4) is 11.3 Å². The third-order valence-electron chi connectivity index (χ3n) is 4.44. The number of nitrogens with zero attached hydrogens (tertiary/aromatic N) is 1. The lowest BCUT2D eigenvalue weighted by molar-refractivity contribution is 0.314. The molecular formula is C17H22N2S. The second-order valence-electron chi connectivity index (χ2n) is 5.83. The van der Waals surface area contributed by atoms with Crippen LogP contribution in [0.3, 0.4) is 0 Å². The van der Waals surface area contributed by atoms with Crippen LogP contribution in [-0.4, -0.2) is 4.98 Å². The Morgan fingerprint density at radius 3 is 2.80 bits per heavy atom. The maximum absolute atomic E-state index is 5.74. The van der Waals surface area contributed by atoms with Crippen LogP contribution in [0.1, 0.15) is 50.0 Å². The molecule has 2 atom stereocenters. The monoisotopic (exact) mass is 286 g/mol. The highest BCUT2D eigenvalue weighted by atomic mass is 32.1. The van der Waals surface area contributed by atoms with E-state index in [9.17, 15) is 0 Å². The standard InChI is InChI=1S/C17H22N2S/c1-2-12-4-3-5-14(10-12)17-19-16(11-20-17)13-6-8-15(18)9-7-13/h6-9,11-12,14H,2-5,10,18H2,1H3. The van der Waals surface area contributed by atoms with Crippen molar-refractivity contribution in [1.29, 1.82) is 0 Å². The summed E-state index contributed by atoms with van der Waals surface area (Å²) in [7, 11) is 0. The number of nitrogens with two attached hydrogens (primary N) is 1. The van der Waals surface area contributed by atoms with Gasteiger partial charge >= 0.3 is 0 Å². The van der Waals surface area contributed by atoms with Crippen molar-refractivity contribution in [3.05, 3.63) is 34.7 Å². The number of benzene rings is 1. The molecule has 0 spiro atoms. The summed E-state index contributed by atoms with van der Waals surface area (Å²) in [5.74, 6) is 1.58. The molecule has 106 valence electrons. The van der Waals surface area contributed by atoms with Gasteiger partial charge in [-0.2, -0.15) is 0 Å². The minimum atomic E-state index is 0.682. The van der Waals surface area contributed by atoms with Gasteiger partial charge in [0.25, 0.3) is 0 Å². The maximum atomic E-state index is 5.74. The highest BCUT2D eigenvalue weighted by molar-refractivity contribution is 7.10. The van der Waals surface area contributed by atoms with E-state index in [1.54, 1.807) is 0 Å². The molecule has 0 radical (unpaired) electrons. The van der Waals surface area contributed by atoms with Crippen molar-refractivity contribution < 1.29 is 0 Å². The number of aromatic nitrogens is 1. The molecule has 2 aromatic rings. The van der Waals surface area contributed by atoms with Crippen LogP contribution in [0.2, 0.25) is 0 Å². The summed E-state index contributed by atoms with van der Waals surface area (Å²) in [6.45, 7) is 2.31. The van der Waals surface area contributed by atoms with Gasteiger partial charge in [-0.3, -0.25) is 0 Å². The van der Waals surface area contributed by atoms with Gasteiger partial charge in [0, 0.05) is 22.5 Å². The second kappa shape index (κ2) is 5.96. The molecular weight excluding hydrogens is 264 g/mol. The maximum Gasteiger partial charge on any atom is 0.0963 e. The van der Waals surface area contributed by atoms with Crippen molar-refractivity contribution >= 4 is 17.0 Å². The lowest BCUT2D eigenvalue weighted by Gasteiger charge is -2.26. The molecule has 1 heterocycles. The van der Waals surface area contributed by atoms with E-state index >= 15 is 0 Å². The van der Waals surface area contributed by atoms with E-state index in [2.05, 4.69) is 24.4 Å². The fraction of sp³-hybridized carbons (Fsp3) is 0.471. The van der Waals surface area contributed by atoms with Gasteiger partial charge in [0.05, 0.1) is 10.7 Å². The van der Waals surface area contributed by atoms with Crippen molar-refractivity contribution in [1.82, 2.24) is 4.98 Å². The van der Waals surface area contributed by atoms with E-state index in [0.29, 0.717) is 5.92 Å². The van der Waals surface area contributed by atoms with Crippen LogP contribution in [0.4, 0.5) is 5.69 Å². The molecule has 0 amide bonds. The number of nitrogen functional groups attached to an aromatic ring is 1. The van der Waals surface area contributed by atoms with Crippen LogP contribution in [0.5, 0.6) is 0 Å². The van der Waals surface area contributed by atoms with E-state index in [1.165, 1.54) is 42.7 Å². The van der Waals surface area contributed by atoms with Gasteiger partial charge in [-0.25, -0.2) is 4.98 Å². The summed E-state index contributed by atoms with van der Waals surface area (Å²) < 4.78 is 0. The zero-order chi connectivity index (χ0) is 13.9. The molecule has 20 heavy (non-hydrogen) atoms. The lowest BCUT2D eigenvalue weighted by atomic mass is 9.80. The first-order valence-corrected chi connectivity index (χ1v) is 8.45. The molecule has 1 aliphatic rings. The Kier molecular flexibility index (Phi) is 4.06. The van der Waals surface area contributed by atoms with Crippen LogP contribution in [0.25, 0.3) is 11.3 Å².